The van der Waals surface area contributed by atoms with Gasteiger partial charge in [-0.2, -0.15) is 0 Å². The van der Waals surface area contributed by atoms with Gasteiger partial charge in [-0.3, -0.25) is 0 Å². The first-order valence-corrected chi connectivity index (χ1v) is 16.8. The molecular formula is C46H33N3. The van der Waals surface area contributed by atoms with Crippen LogP contribution in [0.5, 0.6) is 0 Å². The van der Waals surface area contributed by atoms with E-state index in [4.69, 9.17) is 15.0 Å². The molecule has 1 aliphatic carbocycles. The highest BCUT2D eigenvalue weighted by molar-refractivity contribution is 6.09. The molecule has 3 nitrogen and oxygen atoms in total. The number of nitrogens with zero attached hydrogens (tertiary/aromatic N) is 3. The molecule has 0 bridgehead atoms. The minimum Gasteiger partial charge on any atom is -0.208 e. The molecule has 0 aliphatic heterocycles. The summed E-state index contributed by atoms with van der Waals surface area (Å²) < 4.78 is 0. The first-order chi connectivity index (χ1) is 24.1. The van der Waals surface area contributed by atoms with Gasteiger partial charge in [0.25, 0.3) is 0 Å². The summed E-state index contributed by atoms with van der Waals surface area (Å²) in [6, 6.07) is 57.7. The fourth-order valence-corrected chi connectivity index (χ4v) is 7.56. The summed E-state index contributed by atoms with van der Waals surface area (Å²) in [7, 11) is 0. The van der Waals surface area contributed by atoms with Gasteiger partial charge in [0.2, 0.25) is 0 Å². The zero-order valence-corrected chi connectivity index (χ0v) is 27.4. The van der Waals surface area contributed by atoms with Gasteiger partial charge < -0.3 is 0 Å². The highest BCUT2D eigenvalue weighted by atomic mass is 15.0. The zero-order valence-electron chi connectivity index (χ0n) is 27.4. The summed E-state index contributed by atoms with van der Waals surface area (Å²) in [5, 5.41) is 2.45. The van der Waals surface area contributed by atoms with Crippen molar-refractivity contribution >= 4 is 10.8 Å². The largest absolute Gasteiger partial charge is 0.208 e. The molecule has 0 radical (unpaired) electrons. The second kappa shape index (κ2) is 11.5. The van der Waals surface area contributed by atoms with E-state index in [0.29, 0.717) is 17.5 Å². The Hall–Kier alpha value is -6.19. The van der Waals surface area contributed by atoms with Gasteiger partial charge >= 0.3 is 0 Å². The molecule has 9 rings (SSSR count). The van der Waals surface area contributed by atoms with E-state index < -0.39 is 0 Å². The summed E-state index contributed by atoms with van der Waals surface area (Å²) >= 11 is 0. The summed E-state index contributed by atoms with van der Waals surface area (Å²) in [6.07, 6.45) is 0. The molecule has 1 heterocycles. The fraction of sp³-hybridized carbons (Fsp3) is 0.0652. The monoisotopic (exact) mass is 627 g/mol. The quantitative estimate of drug-likeness (QED) is 0.191. The molecule has 0 fully saturated rings. The number of fused-ring (bicyclic) bond motifs is 5. The average Bonchev–Trinajstić information content (AvgIpc) is 3.42. The van der Waals surface area contributed by atoms with Gasteiger partial charge in [-0.1, -0.05) is 172 Å². The predicted molar refractivity (Wildman–Crippen MR) is 202 cm³/mol. The van der Waals surface area contributed by atoms with E-state index in [2.05, 4.69) is 153 Å². The summed E-state index contributed by atoms with van der Waals surface area (Å²) in [5.74, 6) is 1.98. The Kier molecular flexibility index (Phi) is 6.80. The SMILES string of the molecule is CC1(C)c2ccccc2-c2c(-c3nc(-c4ccccc4)nc(-c4ccc(-c5ccccc5)cc4)n3)cc3cccc(-c4ccccc4)c3c21. The van der Waals surface area contributed by atoms with Crippen molar-refractivity contribution in [3.05, 3.63) is 175 Å². The van der Waals surface area contributed by atoms with E-state index in [0.717, 1.165) is 22.3 Å². The molecule has 0 amide bonds. The number of rotatable bonds is 5. The van der Waals surface area contributed by atoms with Gasteiger partial charge in [-0.25, -0.2) is 15.0 Å². The molecule has 3 heteroatoms. The number of hydrogen-bond acceptors (Lipinski definition) is 3. The van der Waals surface area contributed by atoms with Gasteiger partial charge in [0.15, 0.2) is 17.5 Å². The van der Waals surface area contributed by atoms with Crippen LogP contribution < -0.4 is 0 Å². The number of hydrogen-bond donors (Lipinski definition) is 0. The van der Waals surface area contributed by atoms with Gasteiger partial charge in [-0.05, 0) is 61.3 Å². The zero-order chi connectivity index (χ0) is 33.0. The van der Waals surface area contributed by atoms with Crippen molar-refractivity contribution in [2.45, 2.75) is 19.3 Å². The summed E-state index contributed by atoms with van der Waals surface area (Å²) in [4.78, 5) is 15.6. The Balaban J connectivity index is 1.32. The predicted octanol–water partition coefficient (Wildman–Crippen LogP) is 11.7. The molecule has 1 aromatic heterocycles. The third kappa shape index (κ3) is 4.86. The van der Waals surface area contributed by atoms with Gasteiger partial charge in [-0.15, -0.1) is 0 Å². The molecule has 0 atom stereocenters. The van der Waals surface area contributed by atoms with Crippen molar-refractivity contribution in [2.75, 3.05) is 0 Å². The highest BCUT2D eigenvalue weighted by Crippen LogP contribution is 2.55. The van der Waals surface area contributed by atoms with Crippen LogP contribution in [0.1, 0.15) is 25.0 Å². The van der Waals surface area contributed by atoms with Crippen LogP contribution in [0.15, 0.2) is 164 Å². The van der Waals surface area contributed by atoms with Crippen molar-refractivity contribution < 1.29 is 0 Å². The molecule has 0 unspecified atom stereocenters. The lowest BCUT2D eigenvalue weighted by molar-refractivity contribution is 0.666. The maximum absolute atomic E-state index is 5.27. The topological polar surface area (TPSA) is 38.7 Å². The Morgan fingerprint density at radius 1 is 0.388 bits per heavy atom. The molecule has 7 aromatic carbocycles. The average molecular weight is 628 g/mol. The van der Waals surface area contributed by atoms with Crippen molar-refractivity contribution in [3.8, 4) is 67.5 Å². The van der Waals surface area contributed by atoms with Crippen LogP contribution in [0.3, 0.4) is 0 Å². The standard InChI is InChI=1S/C46H33N3/c1-46(2)39-24-13-12-22-37(39)41-38(29-35-21-14-23-36(40(35)42(41)46)32-17-8-4-9-18-32)45-48-43(33-19-10-5-11-20-33)47-44(49-45)34-27-25-31(26-28-34)30-15-6-3-7-16-30/h3-29H,1-2H3. The van der Waals surface area contributed by atoms with Crippen LogP contribution in [0.4, 0.5) is 0 Å². The van der Waals surface area contributed by atoms with Gasteiger partial charge in [0.05, 0.1) is 0 Å². The van der Waals surface area contributed by atoms with Crippen molar-refractivity contribution in [1.82, 2.24) is 15.0 Å². The van der Waals surface area contributed by atoms with Crippen LogP contribution in [-0.2, 0) is 5.41 Å². The van der Waals surface area contributed by atoms with Gasteiger partial charge in [0.1, 0.15) is 0 Å². The first-order valence-electron chi connectivity index (χ1n) is 16.8. The fourth-order valence-electron chi connectivity index (χ4n) is 7.56. The first kappa shape index (κ1) is 29.0. The molecule has 0 spiro atoms. The lowest BCUT2D eigenvalue weighted by atomic mass is 9.78. The minimum absolute atomic E-state index is 0.240. The second-order valence-corrected chi connectivity index (χ2v) is 13.2. The van der Waals surface area contributed by atoms with E-state index >= 15 is 0 Å². The third-order valence-electron chi connectivity index (χ3n) is 9.90. The Morgan fingerprint density at radius 3 is 1.55 bits per heavy atom. The molecule has 232 valence electrons. The lowest BCUT2D eigenvalue weighted by Gasteiger charge is -2.25. The van der Waals surface area contributed by atoms with E-state index in [1.807, 2.05) is 24.3 Å². The van der Waals surface area contributed by atoms with E-state index in [1.165, 1.54) is 49.7 Å². The molecule has 49 heavy (non-hydrogen) atoms. The van der Waals surface area contributed by atoms with Crippen molar-refractivity contribution in [1.29, 1.82) is 0 Å². The summed E-state index contributed by atoms with van der Waals surface area (Å²) in [5.41, 5.74) is 12.5. The molecule has 0 N–H and O–H groups in total. The maximum Gasteiger partial charge on any atom is 0.164 e. The summed E-state index contributed by atoms with van der Waals surface area (Å²) in [6.45, 7) is 4.70. The Labute approximate surface area is 286 Å². The number of benzene rings is 7. The second-order valence-electron chi connectivity index (χ2n) is 13.2. The van der Waals surface area contributed by atoms with Crippen LogP contribution >= 0.6 is 0 Å². The van der Waals surface area contributed by atoms with Crippen molar-refractivity contribution in [2.24, 2.45) is 0 Å². The third-order valence-corrected chi connectivity index (χ3v) is 9.90. The van der Waals surface area contributed by atoms with Crippen LogP contribution in [-0.4, -0.2) is 15.0 Å². The van der Waals surface area contributed by atoms with Crippen molar-refractivity contribution in [3.63, 3.8) is 0 Å². The smallest absolute Gasteiger partial charge is 0.164 e. The maximum atomic E-state index is 5.27. The van der Waals surface area contributed by atoms with Crippen LogP contribution in [0.25, 0.3) is 78.3 Å². The van der Waals surface area contributed by atoms with Gasteiger partial charge in [0, 0.05) is 22.1 Å². The van der Waals surface area contributed by atoms with Crippen LogP contribution in [0.2, 0.25) is 0 Å². The van der Waals surface area contributed by atoms with Crippen LogP contribution in [0, 0.1) is 0 Å². The molecule has 8 aromatic rings. The normalized spacial score (nSPS) is 12.9. The van der Waals surface area contributed by atoms with E-state index in [9.17, 15) is 0 Å². The molecular weight excluding hydrogens is 595 g/mol. The molecule has 0 saturated carbocycles. The Bertz CT molecular complexity index is 2480. The van der Waals surface area contributed by atoms with E-state index in [1.54, 1.807) is 0 Å². The Morgan fingerprint density at radius 2 is 0.878 bits per heavy atom. The molecule has 1 aliphatic rings. The lowest BCUT2D eigenvalue weighted by Crippen LogP contribution is -2.16. The molecule has 0 saturated heterocycles. The van der Waals surface area contributed by atoms with E-state index in [-0.39, 0.29) is 5.41 Å². The number of aromatic nitrogens is 3. The minimum atomic E-state index is -0.240. The highest BCUT2D eigenvalue weighted by Gasteiger charge is 2.39.